The van der Waals surface area contributed by atoms with E-state index in [-0.39, 0.29) is 6.04 Å². The molecule has 5 heteroatoms. The first-order chi connectivity index (χ1) is 9.25. The van der Waals surface area contributed by atoms with Gasteiger partial charge in [0.25, 0.3) is 0 Å². The molecule has 3 rings (SSSR count). The number of fused-ring (bicyclic) bond motifs is 1. The Balaban J connectivity index is 1.95. The zero-order chi connectivity index (χ0) is 13.2. The number of hydrogen-bond acceptors (Lipinski definition) is 4. The van der Waals surface area contributed by atoms with E-state index in [2.05, 4.69) is 38.9 Å². The molecular weight excluding hydrogens is 238 g/mol. The zero-order valence-corrected chi connectivity index (χ0v) is 11.4. The minimum absolute atomic E-state index is 0.130. The first kappa shape index (κ1) is 12.3. The Bertz CT molecular complexity index is 546. The number of nitrogens with one attached hydrogen (secondary N) is 1. The van der Waals surface area contributed by atoms with E-state index >= 15 is 0 Å². The monoisotopic (exact) mass is 257 g/mol. The minimum atomic E-state index is 0.130. The van der Waals surface area contributed by atoms with Crippen LogP contribution in [0.2, 0.25) is 0 Å². The molecule has 0 aromatic carbocycles. The molecule has 0 fully saturated rings. The Morgan fingerprint density at radius 3 is 2.84 bits per heavy atom. The summed E-state index contributed by atoms with van der Waals surface area (Å²) in [5, 5.41) is 12.3. The van der Waals surface area contributed by atoms with Gasteiger partial charge in [0.05, 0.1) is 6.04 Å². The fraction of sp³-hybridized carbons (Fsp3) is 0.500. The highest BCUT2D eigenvalue weighted by molar-refractivity contribution is 5.24. The maximum absolute atomic E-state index is 4.40. The van der Waals surface area contributed by atoms with E-state index in [1.165, 1.54) is 5.56 Å². The number of hydrogen-bond donors (Lipinski definition) is 1. The standard InChI is InChI=1S/C14H19N5/c1-10(2)9-12-17-18-14-13(16-7-8-19(12)14)11-3-5-15-6-4-11/h3-6,10,13,16H,7-9H2,1-2H3. The van der Waals surface area contributed by atoms with Gasteiger partial charge in [0, 0.05) is 31.9 Å². The van der Waals surface area contributed by atoms with Crippen molar-refractivity contribution in [1.29, 1.82) is 0 Å². The van der Waals surface area contributed by atoms with Crippen molar-refractivity contribution < 1.29 is 0 Å². The van der Waals surface area contributed by atoms with E-state index in [9.17, 15) is 0 Å². The van der Waals surface area contributed by atoms with Gasteiger partial charge < -0.3 is 9.88 Å². The molecule has 5 nitrogen and oxygen atoms in total. The predicted molar refractivity (Wildman–Crippen MR) is 72.6 cm³/mol. The Labute approximate surface area is 113 Å². The van der Waals surface area contributed by atoms with Crippen LogP contribution in [-0.4, -0.2) is 26.3 Å². The van der Waals surface area contributed by atoms with E-state index in [1.807, 2.05) is 24.5 Å². The first-order valence-electron chi connectivity index (χ1n) is 6.81. The molecule has 0 aliphatic carbocycles. The highest BCUT2D eigenvalue weighted by Gasteiger charge is 2.26. The summed E-state index contributed by atoms with van der Waals surface area (Å²) >= 11 is 0. The quantitative estimate of drug-likeness (QED) is 0.906. The van der Waals surface area contributed by atoms with Crippen molar-refractivity contribution in [2.24, 2.45) is 5.92 Å². The van der Waals surface area contributed by atoms with E-state index in [4.69, 9.17) is 0 Å². The van der Waals surface area contributed by atoms with Gasteiger partial charge in [-0.25, -0.2) is 0 Å². The van der Waals surface area contributed by atoms with Crippen LogP contribution in [0.5, 0.6) is 0 Å². The first-order valence-corrected chi connectivity index (χ1v) is 6.81. The molecule has 0 saturated heterocycles. The molecular formula is C14H19N5. The van der Waals surface area contributed by atoms with Gasteiger partial charge in [-0.05, 0) is 23.6 Å². The van der Waals surface area contributed by atoms with Gasteiger partial charge in [-0.1, -0.05) is 13.8 Å². The third kappa shape index (κ3) is 2.38. The lowest BCUT2D eigenvalue weighted by Gasteiger charge is -2.25. The van der Waals surface area contributed by atoms with Crippen molar-refractivity contribution in [3.8, 4) is 0 Å². The molecule has 1 atom stereocenters. The Kier molecular flexibility index (Phi) is 3.29. The third-order valence-electron chi connectivity index (χ3n) is 3.43. The highest BCUT2D eigenvalue weighted by Crippen LogP contribution is 2.24. The maximum Gasteiger partial charge on any atom is 0.154 e. The van der Waals surface area contributed by atoms with Crippen LogP contribution >= 0.6 is 0 Å². The molecule has 1 aliphatic rings. The Hall–Kier alpha value is -1.75. The number of nitrogens with zero attached hydrogens (tertiary/aromatic N) is 4. The lowest BCUT2D eigenvalue weighted by atomic mass is 10.1. The SMILES string of the molecule is CC(C)Cc1nnc2n1CCNC2c1ccncc1. The fourth-order valence-electron chi connectivity index (χ4n) is 2.56. The second-order valence-corrected chi connectivity index (χ2v) is 5.39. The summed E-state index contributed by atoms with van der Waals surface area (Å²) in [7, 11) is 0. The molecule has 2 aromatic heterocycles. The molecule has 1 aliphatic heterocycles. The van der Waals surface area contributed by atoms with Gasteiger partial charge >= 0.3 is 0 Å². The van der Waals surface area contributed by atoms with Crippen molar-refractivity contribution in [3.63, 3.8) is 0 Å². The molecule has 2 aromatic rings. The molecule has 0 amide bonds. The van der Waals surface area contributed by atoms with Crippen LogP contribution in [0.15, 0.2) is 24.5 Å². The Morgan fingerprint density at radius 1 is 1.32 bits per heavy atom. The molecule has 19 heavy (non-hydrogen) atoms. The lowest BCUT2D eigenvalue weighted by Crippen LogP contribution is -2.35. The van der Waals surface area contributed by atoms with Crippen LogP contribution in [0.3, 0.4) is 0 Å². The van der Waals surface area contributed by atoms with Crippen molar-refractivity contribution in [1.82, 2.24) is 25.1 Å². The van der Waals surface area contributed by atoms with Crippen LogP contribution in [0, 0.1) is 5.92 Å². The summed E-state index contributed by atoms with van der Waals surface area (Å²) in [6, 6.07) is 4.19. The number of rotatable bonds is 3. The number of aromatic nitrogens is 4. The second-order valence-electron chi connectivity index (χ2n) is 5.39. The van der Waals surface area contributed by atoms with E-state index in [0.29, 0.717) is 5.92 Å². The summed E-state index contributed by atoms with van der Waals surface area (Å²) in [5.74, 6) is 2.72. The van der Waals surface area contributed by atoms with Crippen molar-refractivity contribution in [2.75, 3.05) is 6.54 Å². The molecule has 0 radical (unpaired) electrons. The molecule has 100 valence electrons. The third-order valence-corrected chi connectivity index (χ3v) is 3.43. The largest absolute Gasteiger partial charge is 0.312 e. The molecule has 0 spiro atoms. The molecule has 0 saturated carbocycles. The second kappa shape index (κ2) is 5.09. The molecule has 1 N–H and O–H groups in total. The van der Waals surface area contributed by atoms with Crippen LogP contribution in [-0.2, 0) is 13.0 Å². The average Bonchev–Trinajstić information content (AvgIpc) is 2.82. The molecule has 3 heterocycles. The summed E-state index contributed by atoms with van der Waals surface area (Å²) < 4.78 is 2.27. The predicted octanol–water partition coefficient (Wildman–Crippen LogP) is 1.56. The minimum Gasteiger partial charge on any atom is -0.312 e. The van der Waals surface area contributed by atoms with Gasteiger partial charge in [-0.2, -0.15) is 0 Å². The number of pyridine rings is 1. The topological polar surface area (TPSA) is 55.6 Å². The van der Waals surface area contributed by atoms with Gasteiger partial charge in [-0.15, -0.1) is 10.2 Å². The average molecular weight is 257 g/mol. The maximum atomic E-state index is 4.40. The summed E-state index contributed by atoms with van der Waals surface area (Å²) in [4.78, 5) is 4.07. The van der Waals surface area contributed by atoms with Crippen LogP contribution in [0.1, 0.15) is 37.1 Å². The lowest BCUT2D eigenvalue weighted by molar-refractivity contribution is 0.440. The van der Waals surface area contributed by atoms with E-state index in [0.717, 1.165) is 31.2 Å². The van der Waals surface area contributed by atoms with Crippen molar-refractivity contribution in [3.05, 3.63) is 41.7 Å². The van der Waals surface area contributed by atoms with Gasteiger partial charge in [0.1, 0.15) is 5.82 Å². The van der Waals surface area contributed by atoms with Gasteiger partial charge in [0.2, 0.25) is 0 Å². The summed E-state index contributed by atoms with van der Waals surface area (Å²) in [6.45, 7) is 6.32. The van der Waals surface area contributed by atoms with Crippen molar-refractivity contribution >= 4 is 0 Å². The molecule has 0 bridgehead atoms. The molecule has 1 unspecified atom stereocenters. The smallest absolute Gasteiger partial charge is 0.154 e. The summed E-state index contributed by atoms with van der Waals surface area (Å²) in [5.41, 5.74) is 1.19. The summed E-state index contributed by atoms with van der Waals surface area (Å²) in [6.07, 6.45) is 4.62. The van der Waals surface area contributed by atoms with Crippen molar-refractivity contribution in [2.45, 2.75) is 32.9 Å². The fourth-order valence-corrected chi connectivity index (χ4v) is 2.56. The van der Waals surface area contributed by atoms with Crippen LogP contribution in [0.25, 0.3) is 0 Å². The Morgan fingerprint density at radius 2 is 2.11 bits per heavy atom. The zero-order valence-electron chi connectivity index (χ0n) is 11.4. The van der Waals surface area contributed by atoms with Crippen LogP contribution < -0.4 is 5.32 Å². The van der Waals surface area contributed by atoms with E-state index in [1.54, 1.807) is 0 Å². The normalized spacial score (nSPS) is 18.6. The van der Waals surface area contributed by atoms with Gasteiger partial charge in [-0.3, -0.25) is 4.98 Å². The van der Waals surface area contributed by atoms with Gasteiger partial charge in [0.15, 0.2) is 5.82 Å². The highest BCUT2D eigenvalue weighted by atomic mass is 15.3. The van der Waals surface area contributed by atoms with Crippen LogP contribution in [0.4, 0.5) is 0 Å². The van der Waals surface area contributed by atoms with E-state index < -0.39 is 0 Å².